The average molecular weight is 229 g/mol. The topological polar surface area (TPSA) is 72.0 Å². The van der Waals surface area contributed by atoms with E-state index in [0.717, 1.165) is 12.3 Å². The summed E-state index contributed by atoms with van der Waals surface area (Å²) in [4.78, 5) is 3.77. The van der Waals surface area contributed by atoms with Crippen molar-refractivity contribution >= 4 is 5.84 Å². The summed E-state index contributed by atoms with van der Waals surface area (Å²) in [5, 5.41) is 7.11. The minimum atomic E-state index is -2.69. The summed E-state index contributed by atoms with van der Waals surface area (Å²) in [6, 6.07) is 1.07. The van der Waals surface area contributed by atoms with Crippen molar-refractivity contribution in [3.63, 3.8) is 0 Å². The minimum absolute atomic E-state index is 0.0198. The Bertz CT molecular complexity index is 394. The van der Waals surface area contributed by atoms with Gasteiger partial charge in [-0.05, 0) is 19.9 Å². The SMILES string of the molecule is CC(C)Oc1cnc(C(=N)N)cc1C(F)F. The zero-order chi connectivity index (χ0) is 12.3. The van der Waals surface area contributed by atoms with Crippen LogP contribution in [0.2, 0.25) is 0 Å². The number of pyridine rings is 1. The molecule has 16 heavy (non-hydrogen) atoms. The fourth-order valence-corrected chi connectivity index (χ4v) is 1.13. The third kappa shape index (κ3) is 2.88. The molecule has 0 aliphatic carbocycles. The van der Waals surface area contributed by atoms with Gasteiger partial charge in [0.25, 0.3) is 6.43 Å². The first-order valence-corrected chi connectivity index (χ1v) is 4.71. The van der Waals surface area contributed by atoms with Crippen molar-refractivity contribution in [1.82, 2.24) is 4.98 Å². The molecule has 6 heteroatoms. The van der Waals surface area contributed by atoms with Crippen LogP contribution in [0.5, 0.6) is 5.75 Å². The van der Waals surface area contributed by atoms with E-state index in [-0.39, 0.29) is 28.9 Å². The molecule has 1 heterocycles. The van der Waals surface area contributed by atoms with Crippen molar-refractivity contribution in [3.05, 3.63) is 23.5 Å². The summed E-state index contributed by atoms with van der Waals surface area (Å²) >= 11 is 0. The van der Waals surface area contributed by atoms with Gasteiger partial charge in [0.15, 0.2) is 0 Å². The predicted molar refractivity (Wildman–Crippen MR) is 56.0 cm³/mol. The van der Waals surface area contributed by atoms with E-state index in [1.54, 1.807) is 13.8 Å². The molecule has 4 nitrogen and oxygen atoms in total. The second kappa shape index (κ2) is 4.87. The maximum absolute atomic E-state index is 12.7. The molecule has 1 rings (SSSR count). The third-order valence-electron chi connectivity index (χ3n) is 1.77. The van der Waals surface area contributed by atoms with E-state index in [0.29, 0.717) is 0 Å². The summed E-state index contributed by atoms with van der Waals surface area (Å²) in [5.74, 6) is -0.326. The maximum atomic E-state index is 12.7. The highest BCUT2D eigenvalue weighted by Gasteiger charge is 2.17. The van der Waals surface area contributed by atoms with Gasteiger partial charge in [-0.2, -0.15) is 0 Å². The van der Waals surface area contributed by atoms with E-state index in [2.05, 4.69) is 4.98 Å². The number of hydrogen-bond acceptors (Lipinski definition) is 3. The van der Waals surface area contributed by atoms with E-state index >= 15 is 0 Å². The smallest absolute Gasteiger partial charge is 0.267 e. The number of halogens is 2. The van der Waals surface area contributed by atoms with Crippen molar-refractivity contribution in [3.8, 4) is 5.75 Å². The first-order chi connectivity index (χ1) is 7.41. The summed E-state index contributed by atoms with van der Waals surface area (Å²) in [5.41, 5.74) is 4.89. The lowest BCUT2D eigenvalue weighted by Gasteiger charge is -2.14. The van der Waals surface area contributed by atoms with Crippen molar-refractivity contribution in [1.29, 1.82) is 5.41 Å². The highest BCUT2D eigenvalue weighted by molar-refractivity contribution is 5.93. The number of nitrogen functional groups attached to an aromatic ring is 1. The first-order valence-electron chi connectivity index (χ1n) is 4.71. The molecule has 0 spiro atoms. The van der Waals surface area contributed by atoms with Gasteiger partial charge in [0.1, 0.15) is 17.3 Å². The lowest BCUT2D eigenvalue weighted by Crippen LogP contribution is -2.15. The van der Waals surface area contributed by atoms with Gasteiger partial charge in [-0.15, -0.1) is 0 Å². The second-order valence-corrected chi connectivity index (χ2v) is 3.49. The van der Waals surface area contributed by atoms with Crippen LogP contribution < -0.4 is 10.5 Å². The molecule has 0 atom stereocenters. The van der Waals surface area contributed by atoms with Crippen molar-refractivity contribution in [2.75, 3.05) is 0 Å². The fraction of sp³-hybridized carbons (Fsp3) is 0.400. The van der Waals surface area contributed by atoms with Gasteiger partial charge in [0.05, 0.1) is 17.9 Å². The van der Waals surface area contributed by atoms with Crippen molar-refractivity contribution in [2.45, 2.75) is 26.4 Å². The summed E-state index contributed by atoms with van der Waals surface area (Å²) < 4.78 is 30.6. The molecule has 0 radical (unpaired) electrons. The molecule has 3 N–H and O–H groups in total. The van der Waals surface area contributed by atoms with Gasteiger partial charge >= 0.3 is 0 Å². The fourth-order valence-electron chi connectivity index (χ4n) is 1.13. The quantitative estimate of drug-likeness (QED) is 0.613. The zero-order valence-electron chi connectivity index (χ0n) is 9.00. The van der Waals surface area contributed by atoms with E-state index in [4.69, 9.17) is 15.9 Å². The number of rotatable bonds is 4. The number of ether oxygens (including phenoxy) is 1. The minimum Gasteiger partial charge on any atom is -0.489 e. The lowest BCUT2D eigenvalue weighted by molar-refractivity contribution is 0.140. The number of nitrogens with two attached hydrogens (primary N) is 1. The first kappa shape index (κ1) is 12.4. The molecule has 1 aromatic rings. The van der Waals surface area contributed by atoms with Crippen LogP contribution in [0, 0.1) is 5.41 Å². The standard InChI is InChI=1S/C10H13F2N3O/c1-5(2)16-8-4-15-7(10(13)14)3-6(8)9(11)12/h3-5,9H,1-2H3,(H3,13,14). The molecule has 0 unspecified atom stereocenters. The molecule has 0 amide bonds. The Labute approximate surface area is 91.9 Å². The molecule has 0 bridgehead atoms. The Morgan fingerprint density at radius 3 is 2.56 bits per heavy atom. The molecular weight excluding hydrogens is 216 g/mol. The van der Waals surface area contributed by atoms with Gasteiger partial charge in [0, 0.05) is 0 Å². The van der Waals surface area contributed by atoms with Crippen LogP contribution in [-0.4, -0.2) is 16.9 Å². The van der Waals surface area contributed by atoms with Gasteiger partial charge in [-0.3, -0.25) is 5.41 Å². The normalized spacial score (nSPS) is 10.9. The summed E-state index contributed by atoms with van der Waals surface area (Å²) in [6.07, 6.45) is -1.74. The van der Waals surface area contributed by atoms with Crippen LogP contribution in [-0.2, 0) is 0 Å². The van der Waals surface area contributed by atoms with Crippen LogP contribution >= 0.6 is 0 Å². The molecule has 1 aromatic heterocycles. The number of nitrogens with zero attached hydrogens (tertiary/aromatic N) is 1. The van der Waals surface area contributed by atoms with Gasteiger partial charge in [-0.1, -0.05) is 0 Å². The van der Waals surface area contributed by atoms with Crippen LogP contribution in [0.25, 0.3) is 0 Å². The van der Waals surface area contributed by atoms with Gasteiger partial charge in [-0.25, -0.2) is 13.8 Å². The number of hydrogen-bond donors (Lipinski definition) is 2. The highest BCUT2D eigenvalue weighted by Crippen LogP contribution is 2.29. The second-order valence-electron chi connectivity index (χ2n) is 3.49. The van der Waals surface area contributed by atoms with E-state index in [1.807, 2.05) is 0 Å². The number of alkyl halides is 2. The molecule has 88 valence electrons. The number of aromatic nitrogens is 1. The number of nitrogens with one attached hydrogen (secondary N) is 1. The third-order valence-corrected chi connectivity index (χ3v) is 1.77. The Morgan fingerprint density at radius 1 is 1.50 bits per heavy atom. The van der Waals surface area contributed by atoms with E-state index in [9.17, 15) is 8.78 Å². The average Bonchev–Trinajstić information content (AvgIpc) is 2.16. The zero-order valence-corrected chi connectivity index (χ0v) is 9.00. The Balaban J connectivity index is 3.14. The highest BCUT2D eigenvalue weighted by atomic mass is 19.3. The van der Waals surface area contributed by atoms with E-state index in [1.165, 1.54) is 0 Å². The van der Waals surface area contributed by atoms with Gasteiger partial charge in [0.2, 0.25) is 0 Å². The molecule has 0 aliphatic rings. The molecule has 0 aliphatic heterocycles. The lowest BCUT2D eigenvalue weighted by atomic mass is 10.2. The largest absolute Gasteiger partial charge is 0.489 e. The molecule has 0 saturated carbocycles. The molecular formula is C10H13F2N3O. The van der Waals surface area contributed by atoms with E-state index < -0.39 is 6.43 Å². The molecule has 0 aromatic carbocycles. The molecule has 0 saturated heterocycles. The summed E-state index contributed by atoms with van der Waals surface area (Å²) in [7, 11) is 0. The predicted octanol–water partition coefficient (Wildman–Crippen LogP) is 2.09. The maximum Gasteiger partial charge on any atom is 0.267 e. The van der Waals surface area contributed by atoms with Crippen LogP contribution in [0.3, 0.4) is 0 Å². The van der Waals surface area contributed by atoms with Crippen LogP contribution in [0.15, 0.2) is 12.3 Å². The summed E-state index contributed by atoms with van der Waals surface area (Å²) in [6.45, 7) is 3.46. The monoisotopic (exact) mass is 229 g/mol. The van der Waals surface area contributed by atoms with Crippen LogP contribution in [0.4, 0.5) is 8.78 Å². The van der Waals surface area contributed by atoms with Crippen LogP contribution in [0.1, 0.15) is 31.5 Å². The Hall–Kier alpha value is -1.72. The van der Waals surface area contributed by atoms with Crippen molar-refractivity contribution in [2.24, 2.45) is 5.73 Å². The Kier molecular flexibility index (Phi) is 3.76. The van der Waals surface area contributed by atoms with Gasteiger partial charge < -0.3 is 10.5 Å². The number of amidine groups is 1. The molecule has 0 fully saturated rings. The van der Waals surface area contributed by atoms with Crippen molar-refractivity contribution < 1.29 is 13.5 Å². The Morgan fingerprint density at radius 2 is 2.12 bits per heavy atom.